The third-order valence-corrected chi connectivity index (χ3v) is 4.03. The SMILES string of the molecule is CB(O)N1CC(=O)C[C@@H]1C(=O)O.CB(O)N1C[C@H](O)C[C@@H]1C(=O)O. The molecule has 0 aliphatic carbocycles. The minimum absolute atomic E-state index is 0.000231. The average molecular weight is 344 g/mol. The lowest BCUT2D eigenvalue weighted by Gasteiger charge is -2.20. The van der Waals surface area contributed by atoms with Crippen LogP contribution >= 0.6 is 0 Å². The van der Waals surface area contributed by atoms with E-state index < -0.39 is 44.2 Å². The first-order chi connectivity index (χ1) is 11.0. The number of Topliss-reactive ketones (excluding diaryl/α,β-unsaturated/α-hetero) is 1. The van der Waals surface area contributed by atoms with E-state index in [4.69, 9.17) is 25.4 Å². The van der Waals surface area contributed by atoms with Gasteiger partial charge in [-0.15, -0.1) is 0 Å². The van der Waals surface area contributed by atoms with Crippen LogP contribution in [0, 0.1) is 0 Å². The molecule has 0 spiro atoms. The number of carbonyl (C=O) groups is 3. The van der Waals surface area contributed by atoms with Gasteiger partial charge in [-0.2, -0.15) is 0 Å². The summed E-state index contributed by atoms with van der Waals surface area (Å²) in [5, 5.41) is 44.7. The van der Waals surface area contributed by atoms with Gasteiger partial charge in [-0.3, -0.25) is 19.2 Å². The van der Waals surface area contributed by atoms with Crippen molar-refractivity contribution < 1.29 is 39.8 Å². The Labute approximate surface area is 139 Å². The van der Waals surface area contributed by atoms with Crippen molar-refractivity contribution in [2.75, 3.05) is 13.1 Å². The lowest BCUT2D eigenvalue weighted by Crippen LogP contribution is -2.44. The second kappa shape index (κ2) is 8.58. The van der Waals surface area contributed by atoms with E-state index in [9.17, 15) is 14.4 Å². The van der Waals surface area contributed by atoms with Crippen LogP contribution in [0.1, 0.15) is 12.8 Å². The number of aliphatic hydroxyl groups excluding tert-OH is 1. The Hall–Kier alpha value is -1.46. The highest BCUT2D eigenvalue weighted by Gasteiger charge is 2.40. The van der Waals surface area contributed by atoms with Gasteiger partial charge < -0.3 is 30.2 Å². The van der Waals surface area contributed by atoms with Gasteiger partial charge in [-0.1, -0.05) is 0 Å². The predicted octanol–water partition coefficient (Wildman–Crippen LogP) is -2.56. The number of aliphatic carboxylic acids is 2. The zero-order chi connectivity index (χ0) is 18.6. The Morgan fingerprint density at radius 2 is 1.54 bits per heavy atom. The van der Waals surface area contributed by atoms with E-state index in [2.05, 4.69) is 0 Å². The second-order valence-electron chi connectivity index (χ2n) is 5.97. The van der Waals surface area contributed by atoms with Crippen LogP contribution in [0.25, 0.3) is 0 Å². The average Bonchev–Trinajstić information content (AvgIpc) is 3.03. The molecule has 2 fully saturated rings. The number of carboxylic acid groups (broad SMARTS) is 2. The normalized spacial score (nSPS) is 27.5. The fourth-order valence-electron chi connectivity index (χ4n) is 2.83. The van der Waals surface area contributed by atoms with Crippen LogP contribution in [0.3, 0.4) is 0 Å². The Morgan fingerprint density at radius 3 is 1.88 bits per heavy atom. The number of hydrogen-bond donors (Lipinski definition) is 5. The van der Waals surface area contributed by atoms with E-state index >= 15 is 0 Å². The number of ketones is 1. The van der Waals surface area contributed by atoms with Gasteiger partial charge in [-0.05, 0) is 20.1 Å². The Kier molecular flexibility index (Phi) is 7.36. The van der Waals surface area contributed by atoms with Gasteiger partial charge in [0.25, 0.3) is 0 Å². The maximum absolute atomic E-state index is 10.9. The molecule has 2 heterocycles. The van der Waals surface area contributed by atoms with Crippen molar-refractivity contribution in [3.05, 3.63) is 0 Å². The summed E-state index contributed by atoms with van der Waals surface area (Å²) in [5.74, 6) is -2.18. The molecule has 10 nitrogen and oxygen atoms in total. The molecule has 2 saturated heterocycles. The van der Waals surface area contributed by atoms with Crippen LogP contribution in [-0.4, -0.2) is 98.1 Å². The number of hydrogen-bond acceptors (Lipinski definition) is 8. The first kappa shape index (κ1) is 20.6. The zero-order valence-electron chi connectivity index (χ0n) is 13.6. The molecule has 3 atom stereocenters. The zero-order valence-corrected chi connectivity index (χ0v) is 13.6. The molecule has 5 N–H and O–H groups in total. The van der Waals surface area contributed by atoms with Gasteiger partial charge >= 0.3 is 26.0 Å². The molecule has 134 valence electrons. The Bertz CT molecular complexity index is 490. The Balaban J connectivity index is 0.000000240. The van der Waals surface area contributed by atoms with E-state index in [1.165, 1.54) is 23.3 Å². The lowest BCUT2D eigenvalue weighted by atomic mass is 9.84. The summed E-state index contributed by atoms with van der Waals surface area (Å²) in [4.78, 5) is 34.6. The third-order valence-electron chi connectivity index (χ3n) is 4.03. The molecule has 2 rings (SSSR count). The number of β-amino-alcohol motifs (C(OH)–C–C–N with tert-alkyl or cyclic N) is 1. The van der Waals surface area contributed by atoms with Crippen molar-refractivity contribution in [2.45, 2.75) is 44.7 Å². The van der Waals surface area contributed by atoms with Crippen LogP contribution in [0.5, 0.6) is 0 Å². The van der Waals surface area contributed by atoms with Gasteiger partial charge in [0.05, 0.1) is 6.10 Å². The largest absolute Gasteiger partial charge is 0.480 e. The molecule has 0 amide bonds. The smallest absolute Gasteiger partial charge is 0.377 e. The fraction of sp³-hybridized carbons (Fsp3) is 0.750. The summed E-state index contributed by atoms with van der Waals surface area (Å²) in [6, 6.07) is -1.60. The molecular formula is C12H22B2N2O8. The molecule has 0 unspecified atom stereocenters. The van der Waals surface area contributed by atoms with Crippen LogP contribution in [0.15, 0.2) is 0 Å². The van der Waals surface area contributed by atoms with Crippen molar-refractivity contribution in [3.63, 3.8) is 0 Å². The molecular weight excluding hydrogens is 322 g/mol. The minimum atomic E-state index is -1.05. The van der Waals surface area contributed by atoms with Crippen molar-refractivity contribution in [1.82, 2.24) is 9.62 Å². The Morgan fingerprint density at radius 1 is 1.04 bits per heavy atom. The maximum atomic E-state index is 10.9. The quantitative estimate of drug-likeness (QED) is 0.343. The number of rotatable bonds is 4. The summed E-state index contributed by atoms with van der Waals surface area (Å²) in [6.07, 6.45) is -0.443. The molecule has 0 aromatic rings. The van der Waals surface area contributed by atoms with Crippen LogP contribution < -0.4 is 0 Å². The van der Waals surface area contributed by atoms with Crippen molar-refractivity contribution in [1.29, 1.82) is 0 Å². The van der Waals surface area contributed by atoms with Crippen LogP contribution in [-0.2, 0) is 14.4 Å². The lowest BCUT2D eigenvalue weighted by molar-refractivity contribution is -0.142. The van der Waals surface area contributed by atoms with Gasteiger partial charge in [0.2, 0.25) is 0 Å². The second-order valence-corrected chi connectivity index (χ2v) is 5.97. The van der Waals surface area contributed by atoms with E-state index in [0.29, 0.717) is 0 Å². The van der Waals surface area contributed by atoms with E-state index in [0.717, 1.165) is 0 Å². The predicted molar refractivity (Wildman–Crippen MR) is 84.2 cm³/mol. The van der Waals surface area contributed by atoms with Gasteiger partial charge in [0.1, 0.15) is 17.9 Å². The molecule has 2 aliphatic heterocycles. The standard InChI is InChI=1S/C6H12BNO4.C6H10BNO4/c2*1-7(12)8-3-4(9)2-5(8)6(10)11/h4-5,9,12H,2-3H2,1H3,(H,10,11);5,12H,2-3H2,1H3,(H,10,11)/t4-,5-;5-/m11/s1. The van der Waals surface area contributed by atoms with E-state index in [-0.39, 0.29) is 31.7 Å². The van der Waals surface area contributed by atoms with Crippen molar-refractivity contribution in [3.8, 4) is 0 Å². The minimum Gasteiger partial charge on any atom is -0.480 e. The van der Waals surface area contributed by atoms with Crippen LogP contribution in [0.4, 0.5) is 0 Å². The molecule has 0 radical (unpaired) electrons. The highest BCUT2D eigenvalue weighted by molar-refractivity contribution is 6.46. The molecule has 0 aromatic carbocycles. The summed E-state index contributed by atoms with van der Waals surface area (Å²) < 4.78 is 0. The number of carboxylic acids is 2. The van der Waals surface area contributed by atoms with E-state index in [1.807, 2.05) is 0 Å². The summed E-state index contributed by atoms with van der Waals surface area (Å²) >= 11 is 0. The fourth-order valence-corrected chi connectivity index (χ4v) is 2.83. The summed E-state index contributed by atoms with van der Waals surface area (Å²) in [7, 11) is -1.69. The summed E-state index contributed by atoms with van der Waals surface area (Å²) in [5.41, 5.74) is 0. The first-order valence-electron chi connectivity index (χ1n) is 7.57. The van der Waals surface area contributed by atoms with Crippen LogP contribution in [0.2, 0.25) is 13.6 Å². The van der Waals surface area contributed by atoms with Gasteiger partial charge in [0, 0.05) is 19.5 Å². The van der Waals surface area contributed by atoms with Gasteiger partial charge in [-0.25, -0.2) is 0 Å². The topological polar surface area (TPSA) is 159 Å². The highest BCUT2D eigenvalue weighted by Crippen LogP contribution is 2.18. The molecule has 0 saturated carbocycles. The molecule has 0 aromatic heterocycles. The monoisotopic (exact) mass is 344 g/mol. The number of carbonyl (C=O) groups excluding carboxylic acids is 1. The highest BCUT2D eigenvalue weighted by atomic mass is 16.4. The molecule has 0 bridgehead atoms. The van der Waals surface area contributed by atoms with Crippen molar-refractivity contribution in [2.24, 2.45) is 0 Å². The molecule has 12 heteroatoms. The first-order valence-corrected chi connectivity index (χ1v) is 7.57. The van der Waals surface area contributed by atoms with E-state index in [1.54, 1.807) is 0 Å². The summed E-state index contributed by atoms with van der Waals surface area (Å²) in [6.45, 7) is 3.21. The molecule has 24 heavy (non-hydrogen) atoms. The van der Waals surface area contributed by atoms with Crippen molar-refractivity contribution >= 4 is 31.8 Å². The third kappa shape index (κ3) is 5.28. The number of nitrogens with zero attached hydrogens (tertiary/aromatic N) is 2. The maximum Gasteiger partial charge on any atom is 0.377 e. The molecule has 2 aliphatic rings. The van der Waals surface area contributed by atoms with Gasteiger partial charge in [0.15, 0.2) is 0 Å². The number of aliphatic hydroxyl groups is 1.